The molecule has 122 valence electrons. The first-order valence-electron chi connectivity index (χ1n) is 7.62. The first-order valence-corrected chi connectivity index (χ1v) is 8.50. The van der Waals surface area contributed by atoms with Crippen molar-refractivity contribution in [2.45, 2.75) is 25.9 Å². The number of carbonyl (C=O) groups is 1. The second kappa shape index (κ2) is 7.06. The van der Waals surface area contributed by atoms with E-state index in [9.17, 15) is 9.59 Å². The molecule has 0 radical (unpaired) electrons. The van der Waals surface area contributed by atoms with E-state index in [2.05, 4.69) is 9.97 Å². The van der Waals surface area contributed by atoms with Gasteiger partial charge in [0, 0.05) is 24.8 Å². The molecule has 0 saturated carbocycles. The lowest BCUT2D eigenvalue weighted by Gasteiger charge is -2.33. The summed E-state index contributed by atoms with van der Waals surface area (Å²) in [5, 5.41) is 1.94. The first kappa shape index (κ1) is 15.9. The van der Waals surface area contributed by atoms with Crippen molar-refractivity contribution in [3.05, 3.63) is 50.3 Å². The minimum Gasteiger partial charge on any atom is -0.375 e. The maximum Gasteiger partial charge on any atom is 0.264 e. The molecule has 6 nitrogen and oxygen atoms in total. The van der Waals surface area contributed by atoms with Gasteiger partial charge >= 0.3 is 0 Å². The van der Waals surface area contributed by atoms with Crippen LogP contribution in [0.1, 0.15) is 27.3 Å². The summed E-state index contributed by atoms with van der Waals surface area (Å²) in [5.74, 6) is 0.0834. The average molecular weight is 333 g/mol. The number of aromatic nitrogens is 2. The number of hydrogen-bond donors (Lipinski definition) is 1. The highest BCUT2D eigenvalue weighted by Gasteiger charge is 2.26. The number of carbonyl (C=O) groups excluding carboxylic acids is 1. The maximum absolute atomic E-state index is 12.6. The third-order valence-corrected chi connectivity index (χ3v) is 4.94. The third kappa shape index (κ3) is 3.86. The van der Waals surface area contributed by atoms with E-state index in [-0.39, 0.29) is 17.6 Å². The summed E-state index contributed by atoms with van der Waals surface area (Å²) in [6, 6.07) is 3.47. The topological polar surface area (TPSA) is 75.3 Å². The predicted octanol–water partition coefficient (Wildman–Crippen LogP) is 1.61. The van der Waals surface area contributed by atoms with Gasteiger partial charge in [-0.2, -0.15) is 0 Å². The van der Waals surface area contributed by atoms with Crippen LogP contribution in [0, 0.1) is 6.92 Å². The van der Waals surface area contributed by atoms with E-state index in [0.29, 0.717) is 26.1 Å². The van der Waals surface area contributed by atoms with Gasteiger partial charge in [-0.15, -0.1) is 11.3 Å². The molecule has 1 N–H and O–H groups in total. The quantitative estimate of drug-likeness (QED) is 0.922. The van der Waals surface area contributed by atoms with Gasteiger partial charge in [0.2, 0.25) is 0 Å². The Balaban J connectivity index is 1.59. The third-order valence-electron chi connectivity index (χ3n) is 3.94. The number of rotatable bonds is 4. The first-order chi connectivity index (χ1) is 11.1. The van der Waals surface area contributed by atoms with Crippen molar-refractivity contribution < 1.29 is 9.53 Å². The normalized spacial score (nSPS) is 18.1. The molecule has 0 spiro atoms. The number of hydrogen-bond acceptors (Lipinski definition) is 5. The molecule has 1 aliphatic heterocycles. The highest BCUT2D eigenvalue weighted by molar-refractivity contribution is 7.12. The molecule has 2 aromatic rings. The molecule has 0 aromatic carbocycles. The molecule has 1 fully saturated rings. The molecule has 2 aromatic heterocycles. The van der Waals surface area contributed by atoms with Crippen LogP contribution < -0.4 is 5.56 Å². The van der Waals surface area contributed by atoms with Crippen molar-refractivity contribution in [3.63, 3.8) is 0 Å². The maximum atomic E-state index is 12.6. The Kier molecular flexibility index (Phi) is 4.88. The number of H-pyrrole nitrogens is 1. The molecule has 0 bridgehead atoms. The standard InChI is InChI=1S/C16H19N3O3S/c1-11-4-7-23-15(11)16(21)19-5-6-22-13(9-19)3-2-12-8-14(20)18-10-17-12/h4,7-8,10,13H,2-3,5-6,9H2,1H3,(H,17,18,20)/t13-/m1/s1. The van der Waals surface area contributed by atoms with Gasteiger partial charge in [-0.3, -0.25) is 9.59 Å². The van der Waals surface area contributed by atoms with Crippen molar-refractivity contribution in [2.75, 3.05) is 19.7 Å². The minimum absolute atomic E-state index is 0.0194. The molecule has 0 unspecified atom stereocenters. The van der Waals surface area contributed by atoms with Crippen molar-refractivity contribution in [1.29, 1.82) is 0 Å². The molecular weight excluding hydrogens is 314 g/mol. The van der Waals surface area contributed by atoms with Gasteiger partial charge in [0.1, 0.15) is 0 Å². The van der Waals surface area contributed by atoms with Crippen LogP contribution in [0.3, 0.4) is 0 Å². The number of nitrogens with zero attached hydrogens (tertiary/aromatic N) is 2. The Morgan fingerprint density at radius 3 is 3.17 bits per heavy atom. The van der Waals surface area contributed by atoms with Gasteiger partial charge in [0.05, 0.1) is 23.9 Å². The van der Waals surface area contributed by atoms with Crippen molar-refractivity contribution in [2.24, 2.45) is 0 Å². The summed E-state index contributed by atoms with van der Waals surface area (Å²) >= 11 is 1.48. The van der Waals surface area contributed by atoms with Crippen LogP contribution in [-0.4, -0.2) is 46.6 Å². The lowest BCUT2D eigenvalue weighted by atomic mass is 10.1. The van der Waals surface area contributed by atoms with Crippen molar-refractivity contribution in [1.82, 2.24) is 14.9 Å². The van der Waals surface area contributed by atoms with Crippen LogP contribution >= 0.6 is 11.3 Å². The van der Waals surface area contributed by atoms with E-state index >= 15 is 0 Å². The highest BCUT2D eigenvalue weighted by Crippen LogP contribution is 2.20. The zero-order valence-electron chi connectivity index (χ0n) is 12.9. The van der Waals surface area contributed by atoms with Crippen molar-refractivity contribution >= 4 is 17.2 Å². The molecule has 3 rings (SSSR count). The number of thiophene rings is 1. The smallest absolute Gasteiger partial charge is 0.264 e. The Hall–Kier alpha value is -1.99. The number of nitrogens with one attached hydrogen (secondary N) is 1. The highest BCUT2D eigenvalue weighted by atomic mass is 32.1. The number of morpholine rings is 1. The largest absolute Gasteiger partial charge is 0.375 e. The fraction of sp³-hybridized carbons (Fsp3) is 0.438. The number of amides is 1. The summed E-state index contributed by atoms with van der Waals surface area (Å²) in [6.07, 6.45) is 2.79. The summed E-state index contributed by atoms with van der Waals surface area (Å²) in [7, 11) is 0. The van der Waals surface area contributed by atoms with Gasteiger partial charge in [-0.1, -0.05) is 0 Å². The molecule has 1 saturated heterocycles. The zero-order chi connectivity index (χ0) is 16.2. The lowest BCUT2D eigenvalue weighted by molar-refractivity contribution is -0.0245. The summed E-state index contributed by atoms with van der Waals surface area (Å²) in [6.45, 7) is 3.71. The van der Waals surface area contributed by atoms with E-state index < -0.39 is 0 Å². The van der Waals surface area contributed by atoms with Crippen LogP contribution in [0.25, 0.3) is 0 Å². The predicted molar refractivity (Wildman–Crippen MR) is 87.9 cm³/mol. The Morgan fingerprint density at radius 1 is 1.57 bits per heavy atom. The van der Waals surface area contributed by atoms with Gasteiger partial charge in [0.15, 0.2) is 0 Å². The van der Waals surface area contributed by atoms with Crippen LogP contribution in [0.2, 0.25) is 0 Å². The Bertz CT molecular complexity index is 740. The number of aryl methyl sites for hydroxylation is 2. The SMILES string of the molecule is Cc1ccsc1C(=O)N1CCO[C@H](CCc2cc(=O)[nH]cn2)C1. The van der Waals surface area contributed by atoms with Gasteiger partial charge in [-0.25, -0.2) is 4.98 Å². The lowest BCUT2D eigenvalue weighted by Crippen LogP contribution is -2.45. The van der Waals surface area contributed by atoms with Gasteiger partial charge in [0.25, 0.3) is 11.5 Å². The summed E-state index contributed by atoms with van der Waals surface area (Å²) < 4.78 is 5.75. The van der Waals surface area contributed by atoms with Crippen LogP contribution in [0.5, 0.6) is 0 Å². The molecule has 1 aliphatic rings. The fourth-order valence-corrected chi connectivity index (χ4v) is 3.56. The molecule has 1 amide bonds. The van der Waals surface area contributed by atoms with E-state index in [1.54, 1.807) is 0 Å². The fourth-order valence-electron chi connectivity index (χ4n) is 2.67. The average Bonchev–Trinajstić information content (AvgIpc) is 2.99. The molecule has 1 atom stereocenters. The summed E-state index contributed by atoms with van der Waals surface area (Å²) in [5.41, 5.74) is 1.62. The second-order valence-electron chi connectivity index (χ2n) is 5.62. The van der Waals surface area contributed by atoms with E-state index in [4.69, 9.17) is 4.74 Å². The molecule has 0 aliphatic carbocycles. The van der Waals surface area contributed by atoms with E-state index in [0.717, 1.165) is 22.6 Å². The van der Waals surface area contributed by atoms with E-state index in [1.165, 1.54) is 23.7 Å². The number of ether oxygens (including phenoxy) is 1. The van der Waals surface area contributed by atoms with Gasteiger partial charge in [-0.05, 0) is 36.8 Å². The van der Waals surface area contributed by atoms with Crippen LogP contribution in [0.4, 0.5) is 0 Å². The Morgan fingerprint density at radius 2 is 2.43 bits per heavy atom. The summed E-state index contributed by atoms with van der Waals surface area (Å²) in [4.78, 5) is 33.1. The van der Waals surface area contributed by atoms with Gasteiger partial charge < -0.3 is 14.6 Å². The molecule has 7 heteroatoms. The van der Waals surface area contributed by atoms with E-state index in [1.807, 2.05) is 23.3 Å². The minimum atomic E-state index is -0.149. The monoisotopic (exact) mass is 333 g/mol. The number of aromatic amines is 1. The Labute approximate surface area is 138 Å². The van der Waals surface area contributed by atoms with Crippen LogP contribution in [0.15, 0.2) is 28.6 Å². The molecule has 23 heavy (non-hydrogen) atoms. The zero-order valence-corrected chi connectivity index (χ0v) is 13.8. The van der Waals surface area contributed by atoms with Crippen LogP contribution in [-0.2, 0) is 11.2 Å². The second-order valence-corrected chi connectivity index (χ2v) is 6.53. The molecular formula is C16H19N3O3S. The molecule has 3 heterocycles. The van der Waals surface area contributed by atoms with Crippen molar-refractivity contribution in [3.8, 4) is 0 Å².